The highest BCUT2D eigenvalue weighted by atomic mass is 16.5. The molecule has 0 saturated carbocycles. The summed E-state index contributed by atoms with van der Waals surface area (Å²) in [7, 11) is 2.69. The molecule has 0 aromatic rings. The molecular weight excluding hydrogens is 200 g/mol. The van der Waals surface area contributed by atoms with Crippen LogP contribution in [0, 0.1) is 0 Å². The van der Waals surface area contributed by atoms with Gasteiger partial charge in [-0.25, -0.2) is 4.79 Å². The molecule has 1 atom stereocenters. The molecule has 0 radical (unpaired) electrons. The number of rotatable bonds is 3. The van der Waals surface area contributed by atoms with Crippen LogP contribution < -0.4 is 5.32 Å². The predicted octanol–water partition coefficient (Wildman–Crippen LogP) is -0.410. The van der Waals surface area contributed by atoms with E-state index in [1.807, 2.05) is 4.90 Å². The van der Waals surface area contributed by atoms with Gasteiger partial charge in [0.15, 0.2) is 0 Å². The van der Waals surface area contributed by atoms with Gasteiger partial charge in [-0.05, 0) is 6.42 Å². The molecule has 0 aromatic heterocycles. The fourth-order valence-corrected chi connectivity index (χ4v) is 1.57. The van der Waals surface area contributed by atoms with Crippen molar-refractivity contribution < 1.29 is 19.1 Å². The van der Waals surface area contributed by atoms with Gasteiger partial charge in [0.2, 0.25) is 0 Å². The second-order valence-electron chi connectivity index (χ2n) is 3.43. The molecule has 1 fully saturated rings. The second kappa shape index (κ2) is 5.55. The van der Waals surface area contributed by atoms with Crippen molar-refractivity contribution in [3.8, 4) is 0 Å². The molecule has 0 aromatic carbocycles. The molecule has 1 rings (SSSR count). The Labute approximate surface area is 88.5 Å². The van der Waals surface area contributed by atoms with E-state index in [0.717, 1.165) is 13.0 Å². The Morgan fingerprint density at radius 2 is 2.13 bits per heavy atom. The van der Waals surface area contributed by atoms with Crippen molar-refractivity contribution in [3.05, 3.63) is 0 Å². The lowest BCUT2D eigenvalue weighted by Crippen LogP contribution is -2.38. The van der Waals surface area contributed by atoms with Gasteiger partial charge in [0.05, 0.1) is 20.8 Å². The smallest absolute Gasteiger partial charge is 0.407 e. The van der Waals surface area contributed by atoms with Crippen molar-refractivity contribution in [1.82, 2.24) is 10.2 Å². The van der Waals surface area contributed by atoms with E-state index in [1.54, 1.807) is 0 Å². The maximum atomic E-state index is 11.0. The zero-order valence-electron chi connectivity index (χ0n) is 8.99. The summed E-state index contributed by atoms with van der Waals surface area (Å²) in [5, 5.41) is 2.69. The van der Waals surface area contributed by atoms with E-state index in [2.05, 4.69) is 14.8 Å². The lowest BCUT2D eigenvalue weighted by Gasteiger charge is -2.14. The van der Waals surface area contributed by atoms with E-state index >= 15 is 0 Å². The molecule has 1 aliphatic rings. The first-order chi connectivity index (χ1) is 7.15. The molecule has 1 saturated heterocycles. The summed E-state index contributed by atoms with van der Waals surface area (Å²) in [5.41, 5.74) is 0. The van der Waals surface area contributed by atoms with Gasteiger partial charge in [0.1, 0.15) is 0 Å². The van der Waals surface area contributed by atoms with E-state index in [4.69, 9.17) is 0 Å². The summed E-state index contributed by atoms with van der Waals surface area (Å²) < 4.78 is 9.05. The van der Waals surface area contributed by atoms with E-state index in [9.17, 15) is 9.59 Å². The largest absolute Gasteiger partial charge is 0.468 e. The minimum Gasteiger partial charge on any atom is -0.468 e. The first-order valence-electron chi connectivity index (χ1n) is 4.79. The number of ether oxygens (including phenoxy) is 2. The third-order valence-electron chi connectivity index (χ3n) is 2.36. The minimum absolute atomic E-state index is 0.0575. The van der Waals surface area contributed by atoms with E-state index in [-0.39, 0.29) is 18.6 Å². The van der Waals surface area contributed by atoms with Gasteiger partial charge in [-0.2, -0.15) is 0 Å². The quantitative estimate of drug-likeness (QED) is 0.649. The molecule has 0 bridgehead atoms. The fourth-order valence-electron chi connectivity index (χ4n) is 1.57. The summed E-state index contributed by atoms with van der Waals surface area (Å²) in [4.78, 5) is 23.8. The Morgan fingerprint density at radius 3 is 2.73 bits per heavy atom. The number of hydrogen-bond donors (Lipinski definition) is 1. The zero-order valence-corrected chi connectivity index (χ0v) is 8.99. The Bertz CT molecular complexity index is 220. The summed E-state index contributed by atoms with van der Waals surface area (Å²) in [5.74, 6) is -0.256. The third kappa shape index (κ3) is 3.75. The molecule has 6 heteroatoms. The summed E-state index contributed by atoms with van der Waals surface area (Å²) in [6, 6.07) is 0.0575. The van der Waals surface area contributed by atoms with Gasteiger partial charge in [0, 0.05) is 19.1 Å². The summed E-state index contributed by atoms with van der Waals surface area (Å²) in [6.07, 6.45) is 0.395. The average Bonchev–Trinajstić information content (AvgIpc) is 2.65. The number of methoxy groups -OCH3 is 2. The van der Waals surface area contributed by atoms with Crippen LogP contribution in [-0.2, 0) is 14.3 Å². The van der Waals surface area contributed by atoms with Crippen LogP contribution in [0.25, 0.3) is 0 Å². The summed E-state index contributed by atoms with van der Waals surface area (Å²) >= 11 is 0. The fraction of sp³-hybridized carbons (Fsp3) is 0.778. The molecule has 0 aliphatic carbocycles. The number of nitrogens with zero attached hydrogens (tertiary/aromatic N) is 1. The highest BCUT2D eigenvalue weighted by Gasteiger charge is 2.25. The topological polar surface area (TPSA) is 67.9 Å². The van der Waals surface area contributed by atoms with Crippen molar-refractivity contribution in [3.63, 3.8) is 0 Å². The number of esters is 1. The Morgan fingerprint density at radius 1 is 1.40 bits per heavy atom. The van der Waals surface area contributed by atoms with Crippen LogP contribution in [0.5, 0.6) is 0 Å². The molecule has 6 nitrogen and oxygen atoms in total. The Hall–Kier alpha value is -1.30. The van der Waals surface area contributed by atoms with E-state index in [0.29, 0.717) is 6.54 Å². The van der Waals surface area contributed by atoms with Crippen molar-refractivity contribution in [2.45, 2.75) is 12.5 Å². The number of carbonyl (C=O) groups is 2. The van der Waals surface area contributed by atoms with Crippen molar-refractivity contribution in [1.29, 1.82) is 0 Å². The number of carbonyl (C=O) groups excluding carboxylic acids is 2. The SMILES string of the molecule is COC(=O)CN1CCC(NC(=O)OC)C1. The van der Waals surface area contributed by atoms with Gasteiger partial charge in [0.25, 0.3) is 0 Å². The van der Waals surface area contributed by atoms with Crippen LogP contribution in [-0.4, -0.2) is 56.9 Å². The van der Waals surface area contributed by atoms with Gasteiger partial charge in [-0.15, -0.1) is 0 Å². The monoisotopic (exact) mass is 216 g/mol. The Kier molecular flexibility index (Phi) is 4.36. The van der Waals surface area contributed by atoms with Crippen molar-refractivity contribution in [2.75, 3.05) is 33.9 Å². The van der Waals surface area contributed by atoms with E-state index in [1.165, 1.54) is 14.2 Å². The van der Waals surface area contributed by atoms with Crippen LogP contribution in [0.3, 0.4) is 0 Å². The molecule has 15 heavy (non-hydrogen) atoms. The van der Waals surface area contributed by atoms with Crippen LogP contribution in [0.4, 0.5) is 4.79 Å². The van der Waals surface area contributed by atoms with Crippen LogP contribution in [0.2, 0.25) is 0 Å². The lowest BCUT2D eigenvalue weighted by atomic mass is 10.3. The normalized spacial score (nSPS) is 21.1. The average molecular weight is 216 g/mol. The minimum atomic E-state index is -0.431. The van der Waals surface area contributed by atoms with Gasteiger partial charge in [-0.1, -0.05) is 0 Å². The highest BCUT2D eigenvalue weighted by Crippen LogP contribution is 2.08. The summed E-state index contributed by atoms with van der Waals surface area (Å²) in [6.45, 7) is 1.71. The first kappa shape index (κ1) is 11.8. The number of nitrogens with one attached hydrogen (secondary N) is 1. The van der Waals surface area contributed by atoms with Crippen LogP contribution >= 0.6 is 0 Å². The maximum absolute atomic E-state index is 11.0. The third-order valence-corrected chi connectivity index (χ3v) is 2.36. The maximum Gasteiger partial charge on any atom is 0.407 e. The molecule has 1 amide bonds. The predicted molar refractivity (Wildman–Crippen MR) is 52.4 cm³/mol. The lowest BCUT2D eigenvalue weighted by molar-refractivity contribution is -0.141. The second-order valence-corrected chi connectivity index (χ2v) is 3.43. The van der Waals surface area contributed by atoms with E-state index < -0.39 is 6.09 Å². The van der Waals surface area contributed by atoms with Gasteiger partial charge >= 0.3 is 12.1 Å². The molecule has 1 heterocycles. The first-order valence-corrected chi connectivity index (χ1v) is 4.79. The Balaban J connectivity index is 2.26. The van der Waals surface area contributed by atoms with Gasteiger partial charge < -0.3 is 14.8 Å². The number of alkyl carbamates (subject to hydrolysis) is 1. The number of hydrogen-bond acceptors (Lipinski definition) is 5. The molecule has 86 valence electrons. The number of amides is 1. The molecular formula is C9H16N2O4. The zero-order chi connectivity index (χ0) is 11.3. The van der Waals surface area contributed by atoms with Crippen molar-refractivity contribution in [2.24, 2.45) is 0 Å². The highest BCUT2D eigenvalue weighted by molar-refractivity contribution is 5.71. The van der Waals surface area contributed by atoms with Gasteiger partial charge in [-0.3, -0.25) is 9.69 Å². The molecule has 1 aliphatic heterocycles. The van der Waals surface area contributed by atoms with Crippen LogP contribution in [0.1, 0.15) is 6.42 Å². The molecule has 1 unspecified atom stereocenters. The molecule has 0 spiro atoms. The van der Waals surface area contributed by atoms with Crippen molar-refractivity contribution >= 4 is 12.1 Å². The van der Waals surface area contributed by atoms with Crippen LogP contribution in [0.15, 0.2) is 0 Å². The molecule has 1 N–H and O–H groups in total. The standard InChI is InChI=1S/C9H16N2O4/c1-14-8(12)6-11-4-3-7(5-11)10-9(13)15-2/h7H,3-6H2,1-2H3,(H,10,13). The number of likely N-dealkylation sites (tertiary alicyclic amines) is 1.